The molecule has 18 heavy (non-hydrogen) atoms. The Bertz CT molecular complexity index is 538. The van der Waals surface area contributed by atoms with Crippen molar-refractivity contribution in [2.24, 2.45) is 5.73 Å². The van der Waals surface area contributed by atoms with Crippen LogP contribution in [0.1, 0.15) is 22.9 Å². The third kappa shape index (κ3) is 3.40. The minimum absolute atomic E-state index is 0.0629. The Labute approximate surface area is 124 Å². The summed E-state index contributed by atoms with van der Waals surface area (Å²) in [6.07, 6.45) is 2.60. The quantitative estimate of drug-likeness (QED) is 0.882. The summed E-state index contributed by atoms with van der Waals surface area (Å²) in [4.78, 5) is 4.39. The standard InChI is InChI=1S/C14H14Br2N2/c1-9-2-4-11(18-8-9)7-14(17)12-6-10(15)3-5-13(12)16/h2-6,8,14H,7,17H2,1H3. The number of halogens is 2. The molecule has 0 saturated carbocycles. The second kappa shape index (κ2) is 5.95. The summed E-state index contributed by atoms with van der Waals surface area (Å²) in [7, 11) is 0. The van der Waals surface area contributed by atoms with Crippen LogP contribution in [0, 0.1) is 6.92 Å². The molecule has 0 radical (unpaired) electrons. The lowest BCUT2D eigenvalue weighted by Gasteiger charge is -2.14. The zero-order valence-electron chi connectivity index (χ0n) is 10.0. The first-order valence-electron chi connectivity index (χ1n) is 5.68. The summed E-state index contributed by atoms with van der Waals surface area (Å²) in [5, 5.41) is 0. The molecule has 2 rings (SSSR count). The number of aryl methyl sites for hydroxylation is 1. The van der Waals surface area contributed by atoms with E-state index in [2.05, 4.69) is 42.9 Å². The molecule has 0 saturated heterocycles. The van der Waals surface area contributed by atoms with Gasteiger partial charge < -0.3 is 5.73 Å². The molecule has 2 aromatic rings. The van der Waals surface area contributed by atoms with E-state index in [4.69, 9.17) is 5.73 Å². The number of hydrogen-bond donors (Lipinski definition) is 1. The third-order valence-corrected chi connectivity index (χ3v) is 3.97. The Morgan fingerprint density at radius 2 is 2.00 bits per heavy atom. The summed E-state index contributed by atoms with van der Waals surface area (Å²) in [5.74, 6) is 0. The molecule has 4 heteroatoms. The fraction of sp³-hybridized carbons (Fsp3) is 0.214. The summed E-state index contributed by atoms with van der Waals surface area (Å²) >= 11 is 7.00. The molecule has 94 valence electrons. The van der Waals surface area contributed by atoms with Gasteiger partial charge in [-0.25, -0.2) is 0 Å². The summed E-state index contributed by atoms with van der Waals surface area (Å²) in [5.41, 5.74) is 9.51. The minimum Gasteiger partial charge on any atom is -0.324 e. The van der Waals surface area contributed by atoms with Gasteiger partial charge in [-0.1, -0.05) is 37.9 Å². The molecule has 1 unspecified atom stereocenters. The lowest BCUT2D eigenvalue weighted by atomic mass is 10.0. The maximum Gasteiger partial charge on any atom is 0.0422 e. The van der Waals surface area contributed by atoms with Gasteiger partial charge in [0.05, 0.1) is 0 Å². The molecule has 0 spiro atoms. The monoisotopic (exact) mass is 368 g/mol. The van der Waals surface area contributed by atoms with E-state index in [-0.39, 0.29) is 6.04 Å². The van der Waals surface area contributed by atoms with Gasteiger partial charge in [0.15, 0.2) is 0 Å². The highest BCUT2D eigenvalue weighted by Crippen LogP contribution is 2.27. The van der Waals surface area contributed by atoms with Crippen LogP contribution in [0.25, 0.3) is 0 Å². The largest absolute Gasteiger partial charge is 0.324 e. The van der Waals surface area contributed by atoms with Gasteiger partial charge in [-0.05, 0) is 42.3 Å². The summed E-state index contributed by atoms with van der Waals surface area (Å²) in [6.45, 7) is 2.03. The maximum atomic E-state index is 6.24. The van der Waals surface area contributed by atoms with Crippen LogP contribution >= 0.6 is 31.9 Å². The first-order chi connectivity index (χ1) is 8.56. The molecule has 0 amide bonds. The van der Waals surface area contributed by atoms with Crippen LogP contribution in [-0.2, 0) is 6.42 Å². The predicted octanol–water partition coefficient (Wildman–Crippen LogP) is 4.16. The van der Waals surface area contributed by atoms with Crippen molar-refractivity contribution in [1.29, 1.82) is 0 Å². The first-order valence-corrected chi connectivity index (χ1v) is 7.27. The molecule has 0 fully saturated rings. The van der Waals surface area contributed by atoms with Crippen LogP contribution in [0.5, 0.6) is 0 Å². The molecule has 0 aliphatic rings. The molecule has 1 atom stereocenters. The molecule has 2 N–H and O–H groups in total. The topological polar surface area (TPSA) is 38.9 Å². The van der Waals surface area contributed by atoms with E-state index in [1.165, 1.54) is 0 Å². The van der Waals surface area contributed by atoms with Gasteiger partial charge in [0, 0.05) is 33.3 Å². The van der Waals surface area contributed by atoms with Crippen molar-refractivity contribution in [1.82, 2.24) is 4.98 Å². The number of hydrogen-bond acceptors (Lipinski definition) is 2. The zero-order chi connectivity index (χ0) is 13.1. The fourth-order valence-corrected chi connectivity index (χ4v) is 2.67. The van der Waals surface area contributed by atoms with E-state index in [1.54, 1.807) is 0 Å². The van der Waals surface area contributed by atoms with E-state index < -0.39 is 0 Å². The van der Waals surface area contributed by atoms with E-state index in [9.17, 15) is 0 Å². The van der Waals surface area contributed by atoms with E-state index in [0.29, 0.717) is 0 Å². The third-order valence-electron chi connectivity index (χ3n) is 2.76. The van der Waals surface area contributed by atoms with Gasteiger partial charge in [0.1, 0.15) is 0 Å². The predicted molar refractivity (Wildman–Crippen MR) is 81.4 cm³/mol. The van der Waals surface area contributed by atoms with Crippen molar-refractivity contribution < 1.29 is 0 Å². The fourth-order valence-electron chi connectivity index (χ4n) is 1.75. The minimum atomic E-state index is -0.0629. The number of rotatable bonds is 3. The van der Waals surface area contributed by atoms with Crippen LogP contribution in [0.2, 0.25) is 0 Å². The van der Waals surface area contributed by atoms with Crippen LogP contribution in [0.3, 0.4) is 0 Å². The van der Waals surface area contributed by atoms with E-state index in [0.717, 1.165) is 32.2 Å². The molecule has 2 nitrogen and oxygen atoms in total. The maximum absolute atomic E-state index is 6.24. The Balaban J connectivity index is 2.18. The Hall–Kier alpha value is -0.710. The van der Waals surface area contributed by atoms with Crippen molar-refractivity contribution >= 4 is 31.9 Å². The molecule has 0 aliphatic carbocycles. The molecule has 0 aliphatic heterocycles. The van der Waals surface area contributed by atoms with Crippen LogP contribution in [-0.4, -0.2) is 4.98 Å². The van der Waals surface area contributed by atoms with Crippen molar-refractivity contribution in [3.63, 3.8) is 0 Å². The summed E-state index contributed by atoms with van der Waals surface area (Å²) in [6, 6.07) is 10.1. The van der Waals surface area contributed by atoms with Gasteiger partial charge in [-0.15, -0.1) is 0 Å². The highest BCUT2D eigenvalue weighted by Gasteiger charge is 2.11. The molecule has 1 aromatic heterocycles. The van der Waals surface area contributed by atoms with Crippen molar-refractivity contribution in [3.05, 3.63) is 62.3 Å². The lowest BCUT2D eigenvalue weighted by Crippen LogP contribution is -2.14. The highest BCUT2D eigenvalue weighted by molar-refractivity contribution is 9.11. The van der Waals surface area contributed by atoms with Crippen LogP contribution in [0.15, 0.2) is 45.5 Å². The van der Waals surface area contributed by atoms with E-state index >= 15 is 0 Å². The van der Waals surface area contributed by atoms with Gasteiger partial charge in [-0.2, -0.15) is 0 Å². The van der Waals surface area contributed by atoms with Gasteiger partial charge >= 0.3 is 0 Å². The normalized spacial score (nSPS) is 12.4. The van der Waals surface area contributed by atoms with Gasteiger partial charge in [-0.3, -0.25) is 4.98 Å². The molecular formula is C14H14Br2N2. The summed E-state index contributed by atoms with van der Waals surface area (Å²) < 4.78 is 2.07. The van der Waals surface area contributed by atoms with Gasteiger partial charge in [0.25, 0.3) is 0 Å². The smallest absolute Gasteiger partial charge is 0.0422 e. The first kappa shape index (κ1) is 13.7. The average Bonchev–Trinajstić information content (AvgIpc) is 2.35. The van der Waals surface area contributed by atoms with Crippen molar-refractivity contribution in [2.45, 2.75) is 19.4 Å². The van der Waals surface area contributed by atoms with Crippen LogP contribution in [0.4, 0.5) is 0 Å². The Morgan fingerprint density at radius 1 is 1.22 bits per heavy atom. The number of benzene rings is 1. The molecule has 0 bridgehead atoms. The second-order valence-electron chi connectivity index (χ2n) is 4.30. The molecule has 1 aromatic carbocycles. The van der Waals surface area contributed by atoms with Crippen LogP contribution < -0.4 is 5.73 Å². The highest BCUT2D eigenvalue weighted by atomic mass is 79.9. The van der Waals surface area contributed by atoms with Crippen molar-refractivity contribution in [3.8, 4) is 0 Å². The number of aromatic nitrogens is 1. The van der Waals surface area contributed by atoms with E-state index in [1.807, 2.05) is 37.4 Å². The zero-order valence-corrected chi connectivity index (χ0v) is 13.2. The van der Waals surface area contributed by atoms with Gasteiger partial charge in [0.2, 0.25) is 0 Å². The van der Waals surface area contributed by atoms with Crippen molar-refractivity contribution in [2.75, 3.05) is 0 Å². The average molecular weight is 370 g/mol. The molecular weight excluding hydrogens is 356 g/mol. The second-order valence-corrected chi connectivity index (χ2v) is 6.07. The Kier molecular flexibility index (Phi) is 4.54. The SMILES string of the molecule is Cc1ccc(CC(N)c2cc(Br)ccc2Br)nc1. The lowest BCUT2D eigenvalue weighted by molar-refractivity contribution is 0.702. The Morgan fingerprint density at radius 3 is 2.67 bits per heavy atom. The number of nitrogens with two attached hydrogens (primary N) is 1. The number of pyridine rings is 1. The molecule has 1 heterocycles. The number of nitrogens with zero attached hydrogens (tertiary/aromatic N) is 1.